The zero-order valence-electron chi connectivity index (χ0n) is 11.1. The Kier molecular flexibility index (Phi) is 4.14. The Morgan fingerprint density at radius 2 is 2.33 bits per heavy atom. The zero-order valence-corrected chi connectivity index (χ0v) is 11.1. The predicted octanol–water partition coefficient (Wildman–Crippen LogP) is 1.21. The molecule has 1 unspecified atom stereocenters. The first kappa shape index (κ1) is 13.2. The quantitative estimate of drug-likeness (QED) is 0.878. The van der Waals surface area contributed by atoms with E-state index in [1.807, 2.05) is 4.90 Å². The fourth-order valence-corrected chi connectivity index (χ4v) is 2.42. The first-order valence-corrected chi connectivity index (χ1v) is 6.38. The number of aromatic nitrogens is 1. The van der Waals surface area contributed by atoms with E-state index in [9.17, 15) is 4.39 Å². The van der Waals surface area contributed by atoms with Crippen molar-refractivity contribution in [1.82, 2.24) is 9.88 Å². The van der Waals surface area contributed by atoms with Crippen molar-refractivity contribution in [3.63, 3.8) is 0 Å². The lowest BCUT2D eigenvalue weighted by molar-refractivity contribution is 0.257. The summed E-state index contributed by atoms with van der Waals surface area (Å²) in [6.45, 7) is 1.90. The van der Waals surface area contributed by atoms with Gasteiger partial charge >= 0.3 is 0 Å². The molecule has 1 saturated heterocycles. The summed E-state index contributed by atoms with van der Waals surface area (Å²) in [5.74, 6) is 0.184. The lowest BCUT2D eigenvalue weighted by atomic mass is 10.0. The minimum Gasteiger partial charge on any atom is -0.353 e. The van der Waals surface area contributed by atoms with Gasteiger partial charge in [-0.15, -0.1) is 0 Å². The van der Waals surface area contributed by atoms with Gasteiger partial charge in [0.15, 0.2) is 11.6 Å². The van der Waals surface area contributed by atoms with E-state index in [1.54, 1.807) is 12.3 Å². The summed E-state index contributed by atoms with van der Waals surface area (Å²) in [6.07, 6.45) is 3.86. The molecule has 18 heavy (non-hydrogen) atoms. The third-order valence-corrected chi connectivity index (χ3v) is 3.60. The molecule has 0 aromatic carbocycles. The maximum absolute atomic E-state index is 14.2. The van der Waals surface area contributed by atoms with Crippen molar-refractivity contribution in [3.8, 4) is 0 Å². The number of pyridine rings is 1. The van der Waals surface area contributed by atoms with Crippen molar-refractivity contribution in [2.24, 2.45) is 5.73 Å². The lowest BCUT2D eigenvalue weighted by Gasteiger charge is -2.37. The van der Waals surface area contributed by atoms with Gasteiger partial charge < -0.3 is 15.5 Å². The SMILES string of the molecule is CN(C)C1CCCN(c2nccc(CN)c2F)C1. The summed E-state index contributed by atoms with van der Waals surface area (Å²) in [7, 11) is 4.13. The molecule has 0 aliphatic carbocycles. The Hall–Kier alpha value is -1.20. The number of hydrogen-bond donors (Lipinski definition) is 1. The average molecular weight is 252 g/mol. The molecule has 0 radical (unpaired) electrons. The molecule has 2 N–H and O–H groups in total. The van der Waals surface area contributed by atoms with Gasteiger partial charge in [-0.25, -0.2) is 9.37 Å². The summed E-state index contributed by atoms with van der Waals surface area (Å²) < 4.78 is 14.2. The normalized spacial score (nSPS) is 20.5. The maximum Gasteiger partial charge on any atom is 0.170 e. The second kappa shape index (κ2) is 5.63. The van der Waals surface area contributed by atoms with E-state index in [-0.39, 0.29) is 12.4 Å². The standard InChI is InChI=1S/C13H21FN4/c1-17(2)11-4-3-7-18(9-11)13-12(14)10(8-15)5-6-16-13/h5-6,11H,3-4,7-9,15H2,1-2H3. The number of likely N-dealkylation sites (N-methyl/N-ethyl adjacent to an activating group) is 1. The molecule has 0 bridgehead atoms. The first-order chi connectivity index (χ1) is 8.63. The Bertz CT molecular complexity index is 408. The van der Waals surface area contributed by atoms with Crippen molar-refractivity contribution in [1.29, 1.82) is 0 Å². The highest BCUT2D eigenvalue weighted by atomic mass is 19.1. The third kappa shape index (κ3) is 2.62. The van der Waals surface area contributed by atoms with Gasteiger partial charge in [0.2, 0.25) is 0 Å². The summed E-state index contributed by atoms with van der Waals surface area (Å²) in [4.78, 5) is 8.40. The van der Waals surface area contributed by atoms with Crippen LogP contribution >= 0.6 is 0 Å². The monoisotopic (exact) mass is 252 g/mol. The van der Waals surface area contributed by atoms with Gasteiger partial charge in [-0.05, 0) is 33.0 Å². The molecule has 2 heterocycles. The second-order valence-electron chi connectivity index (χ2n) is 5.02. The molecule has 5 heteroatoms. The molecule has 1 aliphatic heterocycles. The van der Waals surface area contributed by atoms with Gasteiger partial charge in [-0.3, -0.25) is 0 Å². The Labute approximate surface area is 108 Å². The van der Waals surface area contributed by atoms with Crippen molar-refractivity contribution in [3.05, 3.63) is 23.6 Å². The van der Waals surface area contributed by atoms with Crippen LogP contribution in [0.15, 0.2) is 12.3 Å². The van der Waals surface area contributed by atoms with E-state index in [0.29, 0.717) is 17.4 Å². The fraction of sp³-hybridized carbons (Fsp3) is 0.615. The van der Waals surface area contributed by atoms with Gasteiger partial charge in [-0.2, -0.15) is 0 Å². The van der Waals surface area contributed by atoms with Crippen LogP contribution in [0.2, 0.25) is 0 Å². The van der Waals surface area contributed by atoms with E-state index >= 15 is 0 Å². The number of anilines is 1. The smallest absolute Gasteiger partial charge is 0.170 e. The first-order valence-electron chi connectivity index (χ1n) is 6.38. The molecule has 0 saturated carbocycles. The minimum atomic E-state index is -0.264. The highest BCUT2D eigenvalue weighted by Gasteiger charge is 2.24. The zero-order chi connectivity index (χ0) is 13.1. The molecular weight excluding hydrogens is 231 g/mol. The van der Waals surface area contributed by atoms with Crippen molar-refractivity contribution < 1.29 is 4.39 Å². The van der Waals surface area contributed by atoms with Crippen molar-refractivity contribution in [2.45, 2.75) is 25.4 Å². The van der Waals surface area contributed by atoms with Crippen LogP contribution in [0, 0.1) is 5.82 Å². The topological polar surface area (TPSA) is 45.4 Å². The average Bonchev–Trinajstić information content (AvgIpc) is 2.39. The van der Waals surface area contributed by atoms with Crippen LogP contribution in [0.1, 0.15) is 18.4 Å². The van der Waals surface area contributed by atoms with Crippen LogP contribution in [0.5, 0.6) is 0 Å². The molecule has 2 rings (SSSR count). The van der Waals surface area contributed by atoms with Crippen molar-refractivity contribution in [2.75, 3.05) is 32.1 Å². The van der Waals surface area contributed by atoms with Crippen LogP contribution in [0.3, 0.4) is 0 Å². The van der Waals surface area contributed by atoms with Crippen LogP contribution < -0.4 is 10.6 Å². The highest BCUT2D eigenvalue weighted by molar-refractivity contribution is 5.43. The van der Waals surface area contributed by atoms with Gasteiger partial charge in [0.1, 0.15) is 0 Å². The molecule has 100 valence electrons. The lowest BCUT2D eigenvalue weighted by Crippen LogP contribution is -2.45. The number of hydrogen-bond acceptors (Lipinski definition) is 4. The molecule has 1 atom stereocenters. The fourth-order valence-electron chi connectivity index (χ4n) is 2.42. The van der Waals surface area contributed by atoms with E-state index in [2.05, 4.69) is 24.0 Å². The molecule has 1 fully saturated rings. The molecular formula is C13H21FN4. The van der Waals surface area contributed by atoms with Crippen LogP contribution in [0.4, 0.5) is 10.2 Å². The van der Waals surface area contributed by atoms with Gasteiger partial charge in [0.05, 0.1) is 0 Å². The Morgan fingerprint density at radius 3 is 3.00 bits per heavy atom. The molecule has 1 aromatic heterocycles. The molecule has 0 amide bonds. The maximum atomic E-state index is 14.2. The Morgan fingerprint density at radius 1 is 1.56 bits per heavy atom. The number of rotatable bonds is 3. The molecule has 1 aliphatic rings. The van der Waals surface area contributed by atoms with E-state index in [0.717, 1.165) is 25.9 Å². The number of nitrogens with two attached hydrogens (primary N) is 1. The minimum absolute atomic E-state index is 0.215. The number of piperidine rings is 1. The van der Waals surface area contributed by atoms with Crippen molar-refractivity contribution >= 4 is 5.82 Å². The summed E-state index contributed by atoms with van der Waals surface area (Å²) >= 11 is 0. The predicted molar refractivity (Wildman–Crippen MR) is 71.0 cm³/mol. The van der Waals surface area contributed by atoms with Crippen LogP contribution in [-0.2, 0) is 6.54 Å². The summed E-state index contributed by atoms with van der Waals surface area (Å²) in [5, 5.41) is 0. The van der Waals surface area contributed by atoms with Crippen LogP contribution in [-0.4, -0.2) is 43.1 Å². The van der Waals surface area contributed by atoms with Gasteiger partial charge in [0, 0.05) is 37.4 Å². The molecule has 4 nitrogen and oxygen atoms in total. The van der Waals surface area contributed by atoms with E-state index in [1.165, 1.54) is 0 Å². The number of nitrogens with zero attached hydrogens (tertiary/aromatic N) is 3. The Balaban J connectivity index is 2.20. The second-order valence-corrected chi connectivity index (χ2v) is 5.02. The third-order valence-electron chi connectivity index (χ3n) is 3.60. The van der Waals surface area contributed by atoms with E-state index < -0.39 is 0 Å². The molecule has 1 aromatic rings. The summed E-state index contributed by atoms with van der Waals surface area (Å²) in [5.41, 5.74) is 6.06. The molecule has 0 spiro atoms. The van der Waals surface area contributed by atoms with Crippen LogP contribution in [0.25, 0.3) is 0 Å². The highest BCUT2D eigenvalue weighted by Crippen LogP contribution is 2.24. The largest absolute Gasteiger partial charge is 0.353 e. The van der Waals surface area contributed by atoms with Gasteiger partial charge in [-0.1, -0.05) is 0 Å². The van der Waals surface area contributed by atoms with Gasteiger partial charge in [0.25, 0.3) is 0 Å². The van der Waals surface area contributed by atoms with E-state index in [4.69, 9.17) is 5.73 Å². The summed E-state index contributed by atoms with van der Waals surface area (Å²) in [6, 6.07) is 2.10. The number of halogens is 1.